The first-order valence-electron chi connectivity index (χ1n) is 7.91. The summed E-state index contributed by atoms with van der Waals surface area (Å²) in [7, 11) is 1.15. The zero-order valence-electron chi connectivity index (χ0n) is 13.9. The molecule has 1 rings (SSSR count). The first-order chi connectivity index (χ1) is 9.56. The van der Waals surface area contributed by atoms with Crippen LogP contribution in [0.5, 0.6) is 0 Å². The van der Waals surface area contributed by atoms with E-state index >= 15 is 0 Å². The lowest BCUT2D eigenvalue weighted by Gasteiger charge is -2.30. The first-order valence-corrected chi connectivity index (χ1v) is 9.29. The molecule has 0 aromatic heterocycles. The van der Waals surface area contributed by atoms with Crippen molar-refractivity contribution in [2.45, 2.75) is 64.2 Å². The van der Waals surface area contributed by atoms with E-state index in [1.807, 2.05) is 14.0 Å². The van der Waals surface area contributed by atoms with Crippen molar-refractivity contribution in [2.75, 3.05) is 19.3 Å². The maximum absolute atomic E-state index is 12.0. The fourth-order valence-corrected chi connectivity index (χ4v) is 3.97. The van der Waals surface area contributed by atoms with Crippen molar-refractivity contribution in [3.63, 3.8) is 0 Å². The van der Waals surface area contributed by atoms with Crippen LogP contribution in [0.4, 0.5) is 0 Å². The van der Waals surface area contributed by atoms with E-state index in [4.69, 9.17) is 0 Å². The van der Waals surface area contributed by atoms with Gasteiger partial charge in [-0.15, -0.1) is 24.0 Å². The monoisotopic (exact) mass is 429 g/mol. The second-order valence-corrected chi connectivity index (χ2v) is 7.99. The Bertz CT molecular complexity index is 337. The van der Waals surface area contributed by atoms with E-state index in [2.05, 4.69) is 29.5 Å². The van der Waals surface area contributed by atoms with Crippen molar-refractivity contribution in [2.24, 2.45) is 10.9 Å². The summed E-state index contributed by atoms with van der Waals surface area (Å²) in [6.45, 7) is 7.42. The highest BCUT2D eigenvalue weighted by atomic mass is 127. The summed E-state index contributed by atoms with van der Waals surface area (Å²) in [5.41, 5.74) is 0. The molecule has 0 aromatic rings. The fourth-order valence-electron chi connectivity index (χ4n) is 2.62. The van der Waals surface area contributed by atoms with Crippen LogP contribution in [-0.2, 0) is 10.8 Å². The van der Waals surface area contributed by atoms with Gasteiger partial charge in [0.1, 0.15) is 0 Å². The van der Waals surface area contributed by atoms with Gasteiger partial charge in [-0.1, -0.05) is 27.2 Å². The van der Waals surface area contributed by atoms with Gasteiger partial charge in [-0.05, 0) is 31.6 Å². The molecule has 21 heavy (non-hydrogen) atoms. The third-order valence-electron chi connectivity index (χ3n) is 3.86. The molecule has 1 saturated carbocycles. The second-order valence-electron chi connectivity index (χ2n) is 5.98. The predicted octanol–water partition coefficient (Wildman–Crippen LogP) is 2.90. The molecule has 6 heteroatoms. The zero-order chi connectivity index (χ0) is 15.0. The molecule has 0 saturated heterocycles. The number of hydrogen-bond donors (Lipinski definition) is 2. The highest BCUT2D eigenvalue weighted by Gasteiger charge is 2.25. The number of halogens is 1. The van der Waals surface area contributed by atoms with Crippen molar-refractivity contribution >= 4 is 40.7 Å². The normalized spacial score (nSPS) is 24.3. The minimum atomic E-state index is -0.663. The molecule has 2 N–H and O–H groups in total. The fraction of sp³-hybridized carbons (Fsp3) is 0.933. The van der Waals surface area contributed by atoms with Gasteiger partial charge in [0.2, 0.25) is 0 Å². The van der Waals surface area contributed by atoms with Crippen molar-refractivity contribution in [3.8, 4) is 0 Å². The van der Waals surface area contributed by atoms with Gasteiger partial charge >= 0.3 is 0 Å². The Labute approximate surface area is 149 Å². The standard InChI is InChI=1S/C15H31N3OS.HI/c1-5-20(19)14-8-6-7-13(11-14)18-15(16-4)17-10-9-12(2)3;/h12-14H,5-11H2,1-4H3,(H2,16,17,18);1H. The highest BCUT2D eigenvalue weighted by molar-refractivity contribution is 14.0. The van der Waals surface area contributed by atoms with E-state index in [9.17, 15) is 4.21 Å². The van der Waals surface area contributed by atoms with E-state index in [-0.39, 0.29) is 24.0 Å². The van der Waals surface area contributed by atoms with E-state index in [0.717, 1.165) is 50.4 Å². The van der Waals surface area contributed by atoms with Gasteiger partial charge in [-0.2, -0.15) is 0 Å². The van der Waals surface area contributed by atoms with Crippen molar-refractivity contribution in [1.29, 1.82) is 0 Å². The first kappa shape index (κ1) is 21.1. The molecule has 1 fully saturated rings. The largest absolute Gasteiger partial charge is 0.356 e. The molecule has 3 atom stereocenters. The molecule has 3 unspecified atom stereocenters. The number of nitrogens with zero attached hydrogens (tertiary/aromatic N) is 1. The Morgan fingerprint density at radius 2 is 2.10 bits per heavy atom. The summed E-state index contributed by atoms with van der Waals surface area (Å²) in [6.07, 6.45) is 5.58. The number of hydrogen-bond acceptors (Lipinski definition) is 2. The van der Waals surface area contributed by atoms with Gasteiger partial charge in [-0.3, -0.25) is 9.20 Å². The van der Waals surface area contributed by atoms with Gasteiger partial charge in [0.05, 0.1) is 0 Å². The molecular formula is C15H32IN3OS. The van der Waals surface area contributed by atoms with Crippen LogP contribution in [0.15, 0.2) is 4.99 Å². The van der Waals surface area contributed by atoms with E-state index in [0.29, 0.717) is 17.2 Å². The lowest BCUT2D eigenvalue weighted by Crippen LogP contribution is -2.46. The lowest BCUT2D eigenvalue weighted by atomic mass is 9.95. The molecule has 4 nitrogen and oxygen atoms in total. The molecule has 126 valence electrons. The molecule has 0 aliphatic heterocycles. The summed E-state index contributed by atoms with van der Waals surface area (Å²) in [6, 6.07) is 0.412. The number of nitrogens with one attached hydrogen (secondary N) is 2. The van der Waals surface area contributed by atoms with Crippen LogP contribution in [-0.4, -0.2) is 40.8 Å². The van der Waals surface area contributed by atoms with Crippen LogP contribution < -0.4 is 10.6 Å². The highest BCUT2D eigenvalue weighted by Crippen LogP contribution is 2.22. The Morgan fingerprint density at radius 1 is 1.38 bits per heavy atom. The SMILES string of the molecule is CCS(=O)C1CCCC(NC(=NC)NCCC(C)C)C1.I. The van der Waals surface area contributed by atoms with E-state index < -0.39 is 10.8 Å². The molecule has 0 amide bonds. The molecule has 1 aliphatic rings. The van der Waals surface area contributed by atoms with Crippen molar-refractivity contribution < 1.29 is 4.21 Å². The van der Waals surface area contributed by atoms with Gasteiger partial charge in [0, 0.05) is 41.4 Å². The summed E-state index contributed by atoms with van der Waals surface area (Å²) < 4.78 is 12.0. The predicted molar refractivity (Wildman–Crippen MR) is 104 cm³/mol. The molecule has 0 spiro atoms. The maximum Gasteiger partial charge on any atom is 0.191 e. The summed E-state index contributed by atoms with van der Waals surface area (Å²) in [5.74, 6) is 2.36. The van der Waals surface area contributed by atoms with Gasteiger partial charge < -0.3 is 10.6 Å². The minimum Gasteiger partial charge on any atom is -0.356 e. The van der Waals surface area contributed by atoms with Crippen LogP contribution in [0.25, 0.3) is 0 Å². The van der Waals surface area contributed by atoms with Crippen LogP contribution >= 0.6 is 24.0 Å². The molecule has 1 aliphatic carbocycles. The van der Waals surface area contributed by atoms with Crippen molar-refractivity contribution in [1.82, 2.24) is 10.6 Å². The van der Waals surface area contributed by atoms with E-state index in [1.165, 1.54) is 0 Å². The van der Waals surface area contributed by atoms with Crippen LogP contribution in [0.2, 0.25) is 0 Å². The summed E-state index contributed by atoms with van der Waals surface area (Å²) in [4.78, 5) is 4.29. The third-order valence-corrected chi connectivity index (χ3v) is 5.60. The van der Waals surface area contributed by atoms with Gasteiger partial charge in [0.25, 0.3) is 0 Å². The quantitative estimate of drug-likeness (QED) is 0.388. The summed E-state index contributed by atoms with van der Waals surface area (Å²) in [5, 5.41) is 7.22. The molecule has 0 radical (unpaired) electrons. The Kier molecular flexibility index (Phi) is 11.8. The van der Waals surface area contributed by atoms with E-state index in [1.54, 1.807) is 0 Å². The molecule has 0 bridgehead atoms. The average Bonchev–Trinajstić information content (AvgIpc) is 2.45. The van der Waals surface area contributed by atoms with Crippen LogP contribution in [0, 0.1) is 5.92 Å². The molecule has 0 heterocycles. The number of rotatable bonds is 6. The Balaban J connectivity index is 0.00000400. The lowest BCUT2D eigenvalue weighted by molar-refractivity contribution is 0.413. The average molecular weight is 429 g/mol. The minimum absolute atomic E-state index is 0. The van der Waals surface area contributed by atoms with Crippen molar-refractivity contribution in [3.05, 3.63) is 0 Å². The van der Waals surface area contributed by atoms with Crippen LogP contribution in [0.1, 0.15) is 52.9 Å². The maximum atomic E-state index is 12.0. The summed E-state index contributed by atoms with van der Waals surface area (Å²) >= 11 is 0. The zero-order valence-corrected chi connectivity index (χ0v) is 17.0. The van der Waals surface area contributed by atoms with Crippen LogP contribution in [0.3, 0.4) is 0 Å². The third kappa shape index (κ3) is 8.38. The number of aliphatic imine (C=N–C) groups is 1. The second kappa shape index (κ2) is 11.7. The smallest absolute Gasteiger partial charge is 0.191 e. The Morgan fingerprint density at radius 3 is 2.67 bits per heavy atom. The molecule has 0 aromatic carbocycles. The topological polar surface area (TPSA) is 53.5 Å². The number of guanidine groups is 1. The Hall–Kier alpha value is 0.150. The molecular weight excluding hydrogens is 397 g/mol. The van der Waals surface area contributed by atoms with Gasteiger partial charge in [0.15, 0.2) is 5.96 Å². The van der Waals surface area contributed by atoms with Gasteiger partial charge in [-0.25, -0.2) is 0 Å².